The average molecular weight is 350 g/mol. The van der Waals surface area contributed by atoms with Crippen molar-refractivity contribution in [3.8, 4) is 0 Å². The molecule has 2 heterocycles. The number of alkyl halides is 3. The minimum Gasteiger partial charge on any atom is -0.336 e. The molecule has 0 saturated carbocycles. The molecular formula is C13H15ClF3N5O. The molecule has 0 aliphatic carbocycles. The van der Waals surface area contributed by atoms with Crippen LogP contribution in [-0.4, -0.2) is 26.7 Å². The molecule has 0 saturated heterocycles. The Bertz CT molecular complexity index is 715. The second-order valence-electron chi connectivity index (χ2n) is 5.02. The normalized spacial score (nSPS) is 13.1. The summed E-state index contributed by atoms with van der Waals surface area (Å²) >= 11 is 5.81. The summed E-state index contributed by atoms with van der Waals surface area (Å²) in [5.74, 6) is 0.146. The van der Waals surface area contributed by atoms with Crippen molar-refractivity contribution in [2.45, 2.75) is 39.0 Å². The van der Waals surface area contributed by atoms with E-state index in [9.17, 15) is 18.0 Å². The fourth-order valence-corrected chi connectivity index (χ4v) is 2.06. The van der Waals surface area contributed by atoms with Gasteiger partial charge in [0.15, 0.2) is 11.5 Å². The van der Waals surface area contributed by atoms with Crippen LogP contribution in [0.25, 0.3) is 5.65 Å². The van der Waals surface area contributed by atoms with E-state index in [0.29, 0.717) is 0 Å². The largest absolute Gasteiger partial charge is 0.417 e. The van der Waals surface area contributed by atoms with E-state index in [2.05, 4.69) is 20.8 Å². The molecule has 2 aromatic heterocycles. The first-order valence-corrected chi connectivity index (χ1v) is 7.25. The Morgan fingerprint density at radius 3 is 2.74 bits per heavy atom. The van der Waals surface area contributed by atoms with Crippen molar-refractivity contribution in [1.29, 1.82) is 0 Å². The lowest BCUT2D eigenvalue weighted by Gasteiger charge is -2.12. The van der Waals surface area contributed by atoms with Crippen molar-refractivity contribution in [2.75, 3.05) is 0 Å². The van der Waals surface area contributed by atoms with Crippen LogP contribution in [0.1, 0.15) is 31.7 Å². The summed E-state index contributed by atoms with van der Waals surface area (Å²) in [5.41, 5.74) is -0.820. The van der Waals surface area contributed by atoms with Gasteiger partial charge >= 0.3 is 12.2 Å². The second kappa shape index (κ2) is 6.61. The fourth-order valence-electron chi connectivity index (χ4n) is 1.81. The molecule has 2 N–H and O–H groups in total. The zero-order chi connectivity index (χ0) is 17.2. The van der Waals surface area contributed by atoms with Crippen LogP contribution in [0.2, 0.25) is 5.02 Å². The van der Waals surface area contributed by atoms with E-state index in [0.717, 1.165) is 23.1 Å². The van der Waals surface area contributed by atoms with Crippen LogP contribution in [0, 0.1) is 0 Å². The molecule has 0 aliphatic rings. The van der Waals surface area contributed by atoms with Crippen molar-refractivity contribution in [3.63, 3.8) is 0 Å². The number of pyridine rings is 1. The van der Waals surface area contributed by atoms with Crippen LogP contribution >= 0.6 is 11.6 Å². The molecule has 10 heteroatoms. The summed E-state index contributed by atoms with van der Waals surface area (Å²) in [6.07, 6.45) is -2.93. The zero-order valence-corrected chi connectivity index (χ0v) is 13.2. The third kappa shape index (κ3) is 4.04. The number of aromatic nitrogens is 3. The maximum absolute atomic E-state index is 12.8. The Hall–Kier alpha value is -2.03. The average Bonchev–Trinajstić information content (AvgIpc) is 2.87. The minimum atomic E-state index is -4.54. The number of nitrogens with zero attached hydrogens (tertiary/aromatic N) is 3. The number of nitrogens with one attached hydrogen (secondary N) is 2. The summed E-state index contributed by atoms with van der Waals surface area (Å²) < 4.78 is 39.6. The van der Waals surface area contributed by atoms with E-state index >= 15 is 0 Å². The molecule has 1 unspecified atom stereocenters. The first kappa shape index (κ1) is 17.3. The molecule has 0 bridgehead atoms. The monoisotopic (exact) mass is 349 g/mol. The van der Waals surface area contributed by atoms with Crippen molar-refractivity contribution in [2.24, 2.45) is 0 Å². The highest BCUT2D eigenvalue weighted by molar-refractivity contribution is 6.33. The van der Waals surface area contributed by atoms with E-state index in [1.807, 2.05) is 13.8 Å². The van der Waals surface area contributed by atoms with Crippen LogP contribution in [-0.2, 0) is 12.7 Å². The Balaban J connectivity index is 2.22. The SMILES string of the molecule is CCC(C)NC(=O)NCc1nnc2c(Cl)cc(C(F)(F)F)cn12. The second-order valence-corrected chi connectivity index (χ2v) is 5.43. The van der Waals surface area contributed by atoms with Gasteiger partial charge in [-0.15, -0.1) is 10.2 Å². The highest BCUT2D eigenvalue weighted by atomic mass is 35.5. The Morgan fingerprint density at radius 1 is 1.43 bits per heavy atom. The van der Waals surface area contributed by atoms with Gasteiger partial charge in [0.05, 0.1) is 17.1 Å². The van der Waals surface area contributed by atoms with Crippen LogP contribution in [0.5, 0.6) is 0 Å². The summed E-state index contributed by atoms with van der Waals surface area (Å²) in [4.78, 5) is 11.7. The first-order chi connectivity index (χ1) is 10.7. The van der Waals surface area contributed by atoms with Crippen molar-refractivity contribution >= 4 is 23.3 Å². The van der Waals surface area contributed by atoms with Gasteiger partial charge in [-0.1, -0.05) is 18.5 Å². The van der Waals surface area contributed by atoms with Crippen LogP contribution in [0.4, 0.5) is 18.0 Å². The predicted octanol–water partition coefficient (Wildman–Crippen LogP) is 3.00. The van der Waals surface area contributed by atoms with E-state index < -0.39 is 17.8 Å². The molecule has 1 atom stereocenters. The lowest BCUT2D eigenvalue weighted by Crippen LogP contribution is -2.40. The maximum atomic E-state index is 12.8. The zero-order valence-electron chi connectivity index (χ0n) is 12.4. The smallest absolute Gasteiger partial charge is 0.336 e. The van der Waals surface area contributed by atoms with E-state index in [1.54, 1.807) is 0 Å². The summed E-state index contributed by atoms with van der Waals surface area (Å²) in [6.45, 7) is 3.67. The van der Waals surface area contributed by atoms with Crippen LogP contribution in [0.3, 0.4) is 0 Å². The molecule has 2 aromatic rings. The highest BCUT2D eigenvalue weighted by Gasteiger charge is 2.32. The molecule has 6 nitrogen and oxygen atoms in total. The van der Waals surface area contributed by atoms with Crippen molar-refractivity contribution in [3.05, 3.63) is 28.7 Å². The standard InChI is InChI=1S/C13H15ClF3N5O/c1-3-7(2)19-12(23)18-5-10-20-21-11-9(14)4-8(6-22(10)11)13(15,16)17/h4,6-7H,3,5H2,1-2H3,(H2,18,19,23). The summed E-state index contributed by atoms with van der Waals surface area (Å²) in [5, 5.41) is 12.5. The van der Waals surface area contributed by atoms with Crippen molar-refractivity contribution < 1.29 is 18.0 Å². The number of fused-ring (bicyclic) bond motifs is 1. The summed E-state index contributed by atoms with van der Waals surface area (Å²) in [7, 11) is 0. The lowest BCUT2D eigenvalue weighted by molar-refractivity contribution is -0.137. The Morgan fingerprint density at radius 2 is 2.13 bits per heavy atom. The predicted molar refractivity (Wildman–Crippen MR) is 78.1 cm³/mol. The number of halogens is 4. The first-order valence-electron chi connectivity index (χ1n) is 6.87. The van der Waals surface area contributed by atoms with Crippen LogP contribution < -0.4 is 10.6 Å². The van der Waals surface area contributed by atoms with Gasteiger partial charge in [0.1, 0.15) is 0 Å². The van der Waals surface area contributed by atoms with Gasteiger partial charge in [-0.25, -0.2) is 4.79 Å². The van der Waals surface area contributed by atoms with Crippen molar-refractivity contribution in [1.82, 2.24) is 25.2 Å². The fraction of sp³-hybridized carbons (Fsp3) is 0.462. The van der Waals surface area contributed by atoms with Crippen LogP contribution in [0.15, 0.2) is 12.3 Å². The maximum Gasteiger partial charge on any atom is 0.417 e. The molecule has 0 radical (unpaired) electrons. The van der Waals surface area contributed by atoms with E-state index in [1.165, 1.54) is 0 Å². The van der Waals surface area contributed by atoms with E-state index in [4.69, 9.17) is 11.6 Å². The third-order valence-corrected chi connectivity index (χ3v) is 3.53. The third-order valence-electron chi connectivity index (χ3n) is 3.25. The van der Waals surface area contributed by atoms with Gasteiger partial charge in [0, 0.05) is 12.2 Å². The molecule has 2 amide bonds. The van der Waals surface area contributed by atoms with E-state index in [-0.39, 0.29) is 29.1 Å². The Labute approximate surface area is 135 Å². The highest BCUT2D eigenvalue weighted by Crippen LogP contribution is 2.32. The molecule has 0 aliphatic heterocycles. The van der Waals surface area contributed by atoms with Gasteiger partial charge in [-0.2, -0.15) is 13.2 Å². The minimum absolute atomic E-state index is 0.0172. The molecular weight excluding hydrogens is 335 g/mol. The molecule has 0 spiro atoms. The van der Waals surface area contributed by atoms with Gasteiger partial charge in [-0.05, 0) is 19.4 Å². The number of carbonyl (C=O) groups is 1. The number of urea groups is 1. The number of hydrogen-bond donors (Lipinski definition) is 2. The van der Waals surface area contributed by atoms with Gasteiger partial charge in [-0.3, -0.25) is 4.40 Å². The van der Waals surface area contributed by atoms with Gasteiger partial charge in [0.2, 0.25) is 0 Å². The van der Waals surface area contributed by atoms with Gasteiger partial charge in [0.25, 0.3) is 0 Å². The molecule has 2 rings (SSSR count). The number of carbonyl (C=O) groups excluding carboxylic acids is 1. The Kier molecular flexibility index (Phi) is 4.98. The number of rotatable bonds is 4. The molecule has 0 aromatic carbocycles. The number of amides is 2. The molecule has 126 valence electrons. The number of hydrogen-bond acceptors (Lipinski definition) is 3. The molecule has 0 fully saturated rings. The topological polar surface area (TPSA) is 71.3 Å². The lowest BCUT2D eigenvalue weighted by atomic mass is 10.2. The quantitative estimate of drug-likeness (QED) is 0.891. The molecule has 23 heavy (non-hydrogen) atoms. The van der Waals surface area contributed by atoms with Gasteiger partial charge < -0.3 is 10.6 Å². The summed E-state index contributed by atoms with van der Waals surface area (Å²) in [6, 6.07) is 0.337.